The second-order valence-electron chi connectivity index (χ2n) is 11.5. The van der Waals surface area contributed by atoms with Crippen molar-refractivity contribution in [3.8, 4) is 78.7 Å². The zero-order chi connectivity index (χ0) is 30.5. The van der Waals surface area contributed by atoms with Crippen molar-refractivity contribution in [2.75, 3.05) is 0 Å². The van der Waals surface area contributed by atoms with E-state index in [-0.39, 0.29) is 0 Å². The molecule has 0 saturated heterocycles. The average Bonchev–Trinajstić information content (AvgIpc) is 3.26. The highest BCUT2D eigenvalue weighted by atomic mass is 15.0. The van der Waals surface area contributed by atoms with Gasteiger partial charge in [-0.25, -0.2) is 15.0 Å². The molecule has 6 aromatic carbocycles. The van der Waals surface area contributed by atoms with Gasteiger partial charge in [0.05, 0.1) is 0 Å². The maximum atomic E-state index is 4.93. The molecular weight excluding hydrogens is 560 g/mol. The van der Waals surface area contributed by atoms with Gasteiger partial charge in [0.1, 0.15) is 0 Å². The Kier molecular flexibility index (Phi) is 6.10. The van der Waals surface area contributed by atoms with Gasteiger partial charge in [-0.3, -0.25) is 4.98 Å². The Labute approximate surface area is 266 Å². The first-order chi connectivity index (χ1) is 22.8. The van der Waals surface area contributed by atoms with Crippen molar-refractivity contribution in [1.29, 1.82) is 0 Å². The smallest absolute Gasteiger partial charge is 0.165 e. The predicted octanol–water partition coefficient (Wildman–Crippen LogP) is 10.4. The number of aromatic nitrogens is 4. The van der Waals surface area contributed by atoms with E-state index in [2.05, 4.69) is 89.9 Å². The number of benzene rings is 6. The Morgan fingerprint density at radius 2 is 0.804 bits per heavy atom. The fraction of sp³-hybridized carbons (Fsp3) is 0. The van der Waals surface area contributed by atoms with Crippen LogP contribution in [0.3, 0.4) is 0 Å². The third-order valence-electron chi connectivity index (χ3n) is 8.75. The minimum absolute atomic E-state index is 0.587. The van der Waals surface area contributed by atoms with E-state index in [1.165, 1.54) is 44.2 Å². The van der Waals surface area contributed by atoms with Gasteiger partial charge in [-0.15, -0.1) is 0 Å². The molecule has 46 heavy (non-hydrogen) atoms. The SMILES string of the molecule is c1ccc(-c2nc(-c3ccccc3)nc(-c3cncc(-c4ccc5c(c4)-c4cccc6cccc(c46)-c4ccccc4-5)c3)n2)cc1. The molecule has 214 valence electrons. The fourth-order valence-corrected chi connectivity index (χ4v) is 6.58. The molecule has 8 aromatic rings. The molecule has 2 heterocycles. The number of fused-ring (bicyclic) bond motifs is 5. The van der Waals surface area contributed by atoms with Gasteiger partial charge < -0.3 is 0 Å². The maximum absolute atomic E-state index is 4.93. The van der Waals surface area contributed by atoms with E-state index in [1.807, 2.05) is 73.1 Å². The van der Waals surface area contributed by atoms with Gasteiger partial charge in [0.2, 0.25) is 0 Å². The molecule has 0 amide bonds. The summed E-state index contributed by atoms with van der Waals surface area (Å²) in [5.74, 6) is 1.85. The maximum Gasteiger partial charge on any atom is 0.165 e. The van der Waals surface area contributed by atoms with Crippen LogP contribution in [0.1, 0.15) is 0 Å². The summed E-state index contributed by atoms with van der Waals surface area (Å²) in [6.07, 6.45) is 3.75. The lowest BCUT2D eigenvalue weighted by molar-refractivity contribution is 1.07. The molecule has 4 heteroatoms. The van der Waals surface area contributed by atoms with Crippen LogP contribution in [-0.2, 0) is 0 Å². The van der Waals surface area contributed by atoms with Gasteiger partial charge in [-0.1, -0.05) is 133 Å². The van der Waals surface area contributed by atoms with Crippen molar-refractivity contribution in [2.45, 2.75) is 0 Å². The van der Waals surface area contributed by atoms with Crippen molar-refractivity contribution in [3.05, 3.63) is 158 Å². The van der Waals surface area contributed by atoms with Crippen molar-refractivity contribution in [3.63, 3.8) is 0 Å². The molecule has 0 N–H and O–H groups in total. The molecule has 1 aliphatic rings. The highest BCUT2D eigenvalue weighted by Gasteiger charge is 2.22. The van der Waals surface area contributed by atoms with E-state index in [0.717, 1.165) is 27.8 Å². The zero-order valence-electron chi connectivity index (χ0n) is 24.8. The lowest BCUT2D eigenvalue weighted by atomic mass is 9.91. The van der Waals surface area contributed by atoms with Crippen LogP contribution in [0.2, 0.25) is 0 Å². The minimum atomic E-state index is 0.587. The third kappa shape index (κ3) is 4.39. The predicted molar refractivity (Wildman–Crippen MR) is 187 cm³/mol. The summed E-state index contributed by atoms with van der Waals surface area (Å²) in [7, 11) is 0. The van der Waals surface area contributed by atoms with Crippen LogP contribution in [0, 0.1) is 0 Å². The Morgan fingerprint density at radius 1 is 0.304 bits per heavy atom. The van der Waals surface area contributed by atoms with Crippen LogP contribution < -0.4 is 0 Å². The summed E-state index contributed by atoms with van der Waals surface area (Å²) >= 11 is 0. The molecule has 0 aliphatic heterocycles. The van der Waals surface area contributed by atoms with Gasteiger partial charge in [-0.2, -0.15) is 0 Å². The summed E-state index contributed by atoms with van der Waals surface area (Å²) in [6.45, 7) is 0. The number of pyridine rings is 1. The molecule has 0 fully saturated rings. The van der Waals surface area contributed by atoms with Gasteiger partial charge in [0, 0.05) is 34.6 Å². The Hall–Kier alpha value is -6.26. The molecule has 4 nitrogen and oxygen atoms in total. The Bertz CT molecular complexity index is 2350. The highest BCUT2D eigenvalue weighted by molar-refractivity contribution is 6.13. The number of nitrogens with zero attached hydrogens (tertiary/aromatic N) is 4. The molecule has 0 spiro atoms. The third-order valence-corrected chi connectivity index (χ3v) is 8.75. The topological polar surface area (TPSA) is 51.6 Å². The van der Waals surface area contributed by atoms with E-state index in [0.29, 0.717) is 17.5 Å². The highest BCUT2D eigenvalue weighted by Crippen LogP contribution is 2.48. The van der Waals surface area contributed by atoms with Gasteiger partial charge in [0.25, 0.3) is 0 Å². The van der Waals surface area contributed by atoms with E-state index in [9.17, 15) is 0 Å². The number of hydrogen-bond acceptors (Lipinski definition) is 4. The van der Waals surface area contributed by atoms with Crippen LogP contribution in [-0.4, -0.2) is 19.9 Å². The van der Waals surface area contributed by atoms with Crippen LogP contribution in [0.15, 0.2) is 158 Å². The van der Waals surface area contributed by atoms with Crippen LogP contribution >= 0.6 is 0 Å². The second kappa shape index (κ2) is 10.7. The number of hydrogen-bond donors (Lipinski definition) is 0. The van der Waals surface area contributed by atoms with Gasteiger partial charge in [-0.05, 0) is 61.8 Å². The van der Waals surface area contributed by atoms with Crippen molar-refractivity contribution in [2.24, 2.45) is 0 Å². The van der Waals surface area contributed by atoms with E-state index in [4.69, 9.17) is 15.0 Å². The van der Waals surface area contributed by atoms with Crippen LogP contribution in [0.25, 0.3) is 89.4 Å². The normalized spacial score (nSPS) is 11.5. The summed E-state index contributed by atoms with van der Waals surface area (Å²) in [5, 5.41) is 2.53. The molecule has 9 rings (SSSR count). The molecule has 0 radical (unpaired) electrons. The molecule has 1 aliphatic carbocycles. The fourth-order valence-electron chi connectivity index (χ4n) is 6.58. The van der Waals surface area contributed by atoms with E-state index >= 15 is 0 Å². The molecule has 0 saturated carbocycles. The number of rotatable bonds is 4. The monoisotopic (exact) mass is 586 g/mol. The standard InChI is InChI=1S/C42H26N4/c1-3-11-28(12-4-1)40-44-41(29-13-5-2-6-14-29)46-42(45-40)32-23-31(25-43-26-32)30-21-22-35-33-17-7-8-18-34(33)36-19-9-15-27-16-10-20-37(39(27)36)38(35)24-30/h1-26H. The second-order valence-corrected chi connectivity index (χ2v) is 11.5. The lowest BCUT2D eigenvalue weighted by Gasteiger charge is -2.14. The molecular formula is C42H26N4. The van der Waals surface area contributed by atoms with Crippen molar-refractivity contribution >= 4 is 10.8 Å². The van der Waals surface area contributed by atoms with Gasteiger partial charge >= 0.3 is 0 Å². The first-order valence-electron chi connectivity index (χ1n) is 15.4. The summed E-state index contributed by atoms with van der Waals surface area (Å²) < 4.78 is 0. The van der Waals surface area contributed by atoms with Crippen LogP contribution in [0.5, 0.6) is 0 Å². The summed E-state index contributed by atoms with van der Waals surface area (Å²) in [5.41, 5.74) is 12.2. The first-order valence-corrected chi connectivity index (χ1v) is 15.4. The Morgan fingerprint density at radius 3 is 1.46 bits per heavy atom. The molecule has 0 bridgehead atoms. The lowest BCUT2D eigenvalue weighted by Crippen LogP contribution is -2.00. The first kappa shape index (κ1) is 26.2. The molecule has 0 unspecified atom stereocenters. The average molecular weight is 587 g/mol. The molecule has 2 aromatic heterocycles. The summed E-state index contributed by atoms with van der Waals surface area (Å²) in [6, 6.07) is 50.9. The van der Waals surface area contributed by atoms with Crippen molar-refractivity contribution in [1.82, 2.24) is 19.9 Å². The largest absolute Gasteiger partial charge is 0.263 e. The minimum Gasteiger partial charge on any atom is -0.263 e. The zero-order valence-corrected chi connectivity index (χ0v) is 24.8. The van der Waals surface area contributed by atoms with E-state index < -0.39 is 0 Å². The summed E-state index contributed by atoms with van der Waals surface area (Å²) in [4.78, 5) is 19.4. The quantitative estimate of drug-likeness (QED) is 0.206. The van der Waals surface area contributed by atoms with Crippen molar-refractivity contribution < 1.29 is 0 Å². The molecule has 0 atom stereocenters. The van der Waals surface area contributed by atoms with E-state index in [1.54, 1.807) is 0 Å². The van der Waals surface area contributed by atoms with Crippen LogP contribution in [0.4, 0.5) is 0 Å². The Balaban J connectivity index is 1.21. The van der Waals surface area contributed by atoms with Gasteiger partial charge in [0.15, 0.2) is 17.5 Å².